The fourth-order valence-electron chi connectivity index (χ4n) is 4.31. The number of aryl methyl sites for hydroxylation is 1. The molecule has 1 N–H and O–H groups in total. The number of hydrogen-bond donors (Lipinski definition) is 1. The molecule has 1 fully saturated rings. The van der Waals surface area contributed by atoms with Crippen LogP contribution in [0.4, 0.5) is 5.82 Å². The highest BCUT2D eigenvalue weighted by Crippen LogP contribution is 2.35. The zero-order valence-electron chi connectivity index (χ0n) is 17.2. The number of likely N-dealkylation sites (N-methyl/N-ethyl adjacent to an activating group) is 1. The van der Waals surface area contributed by atoms with Crippen LogP contribution < -0.4 is 4.90 Å². The van der Waals surface area contributed by atoms with Gasteiger partial charge in [0.15, 0.2) is 0 Å². The Morgan fingerprint density at radius 1 is 1.24 bits per heavy atom. The molecule has 2 aliphatic rings. The molecule has 3 aromatic rings. The summed E-state index contributed by atoms with van der Waals surface area (Å²) in [4.78, 5) is 9.79. The number of H-pyrrole nitrogens is 1. The quantitative estimate of drug-likeness (QED) is 0.736. The lowest BCUT2D eigenvalue weighted by atomic mass is 9.98. The normalized spacial score (nSPS) is 21.0. The van der Waals surface area contributed by atoms with Gasteiger partial charge in [-0.05, 0) is 38.1 Å². The molecule has 0 saturated carbocycles. The number of nitrogens with zero attached hydrogens (tertiary/aromatic N) is 6. The largest absolute Gasteiger partial charge is 0.377 e. The van der Waals surface area contributed by atoms with E-state index in [1.54, 1.807) is 6.20 Å². The summed E-state index contributed by atoms with van der Waals surface area (Å²) in [6.45, 7) is 6.52. The molecule has 2 aliphatic heterocycles. The minimum atomic E-state index is 0.292. The van der Waals surface area contributed by atoms with E-state index in [9.17, 15) is 0 Å². The van der Waals surface area contributed by atoms with Crippen molar-refractivity contribution in [3.8, 4) is 11.4 Å². The van der Waals surface area contributed by atoms with Gasteiger partial charge in [-0.1, -0.05) is 6.08 Å². The second kappa shape index (κ2) is 7.27. The summed E-state index contributed by atoms with van der Waals surface area (Å²) < 4.78 is 7.61. The van der Waals surface area contributed by atoms with E-state index in [0.717, 1.165) is 67.5 Å². The van der Waals surface area contributed by atoms with Gasteiger partial charge in [-0.3, -0.25) is 9.78 Å². The predicted octanol–water partition coefficient (Wildman–Crippen LogP) is 2.30. The lowest BCUT2D eigenvalue weighted by Gasteiger charge is -2.34. The van der Waals surface area contributed by atoms with E-state index in [1.165, 1.54) is 11.1 Å². The van der Waals surface area contributed by atoms with E-state index >= 15 is 0 Å². The van der Waals surface area contributed by atoms with Gasteiger partial charge in [-0.2, -0.15) is 10.2 Å². The Hall–Kier alpha value is -2.71. The van der Waals surface area contributed by atoms with Crippen molar-refractivity contribution in [3.05, 3.63) is 30.0 Å². The maximum Gasteiger partial charge on any atom is 0.136 e. The number of rotatable bonds is 3. The van der Waals surface area contributed by atoms with E-state index in [1.807, 2.05) is 17.8 Å². The van der Waals surface area contributed by atoms with Gasteiger partial charge in [0.05, 0.1) is 30.5 Å². The molecule has 8 heteroatoms. The lowest BCUT2D eigenvalue weighted by Crippen LogP contribution is -2.44. The molecule has 0 spiro atoms. The van der Waals surface area contributed by atoms with Gasteiger partial charge in [0.25, 0.3) is 0 Å². The van der Waals surface area contributed by atoms with E-state index < -0.39 is 0 Å². The fourth-order valence-corrected chi connectivity index (χ4v) is 4.31. The van der Waals surface area contributed by atoms with Gasteiger partial charge < -0.3 is 14.5 Å². The number of ether oxygens (including phenoxy) is 1. The Kier molecular flexibility index (Phi) is 4.60. The summed E-state index contributed by atoms with van der Waals surface area (Å²) in [5.74, 6) is 0.997. The Bertz CT molecular complexity index is 1050. The molecule has 0 radical (unpaired) electrons. The molecule has 1 saturated heterocycles. The van der Waals surface area contributed by atoms with Gasteiger partial charge >= 0.3 is 0 Å². The number of fused-ring (bicyclic) bond motifs is 1. The first-order valence-electron chi connectivity index (χ1n) is 10.2. The van der Waals surface area contributed by atoms with E-state index in [-0.39, 0.29) is 0 Å². The average molecular weight is 393 g/mol. The minimum absolute atomic E-state index is 0.292. The topological polar surface area (TPSA) is 75.1 Å². The predicted molar refractivity (Wildman–Crippen MR) is 114 cm³/mol. The first-order chi connectivity index (χ1) is 14.1. The van der Waals surface area contributed by atoms with Crippen LogP contribution in [-0.2, 0) is 11.8 Å². The molecule has 8 nitrogen and oxygen atoms in total. The van der Waals surface area contributed by atoms with Crippen LogP contribution in [-0.4, -0.2) is 75.8 Å². The van der Waals surface area contributed by atoms with Crippen LogP contribution in [0.1, 0.15) is 18.9 Å². The molecule has 5 rings (SSSR count). The van der Waals surface area contributed by atoms with E-state index in [4.69, 9.17) is 14.8 Å². The van der Waals surface area contributed by atoms with Crippen molar-refractivity contribution in [1.29, 1.82) is 0 Å². The third-order valence-corrected chi connectivity index (χ3v) is 5.95. The van der Waals surface area contributed by atoms with Crippen LogP contribution in [0.2, 0.25) is 0 Å². The Morgan fingerprint density at radius 2 is 2.14 bits per heavy atom. The van der Waals surface area contributed by atoms with Crippen molar-refractivity contribution >= 4 is 22.4 Å². The third kappa shape index (κ3) is 3.22. The van der Waals surface area contributed by atoms with Gasteiger partial charge in [-0.15, -0.1) is 0 Å². The van der Waals surface area contributed by atoms with Gasteiger partial charge in [0.2, 0.25) is 0 Å². The van der Waals surface area contributed by atoms with Crippen molar-refractivity contribution in [2.75, 3.05) is 44.8 Å². The van der Waals surface area contributed by atoms with Crippen molar-refractivity contribution in [1.82, 2.24) is 29.9 Å². The van der Waals surface area contributed by atoms with Crippen LogP contribution in [0.15, 0.2) is 24.4 Å². The molecular formula is C21H27N7O. The Balaban J connectivity index is 1.73. The molecule has 29 heavy (non-hydrogen) atoms. The standard InChI is InChI=1S/C21H27N7O/c1-14-13-29-11-10-28(14)18-12-16(15-5-8-26(2)9-6-15)21-20(23-18)19(25-27(21)3)17-4-7-22-24-17/h4-5,7,12,14H,6,8-11,13H2,1-3H3,(H,22,24)/t14-/m1/s1. The Morgan fingerprint density at radius 3 is 2.86 bits per heavy atom. The zero-order chi connectivity index (χ0) is 20.0. The molecule has 0 bridgehead atoms. The van der Waals surface area contributed by atoms with Crippen LogP contribution in [0.3, 0.4) is 0 Å². The van der Waals surface area contributed by atoms with Gasteiger partial charge in [0.1, 0.15) is 17.0 Å². The number of morpholine rings is 1. The average Bonchev–Trinajstić information content (AvgIpc) is 3.37. The number of aromatic amines is 1. The van der Waals surface area contributed by atoms with Crippen molar-refractivity contribution < 1.29 is 4.74 Å². The summed E-state index contributed by atoms with van der Waals surface area (Å²) in [7, 11) is 4.16. The molecule has 152 valence electrons. The second-order valence-electron chi connectivity index (χ2n) is 8.03. The summed E-state index contributed by atoms with van der Waals surface area (Å²) in [5.41, 5.74) is 6.34. The smallest absolute Gasteiger partial charge is 0.136 e. The SMILES string of the molecule is C[C@@H]1COCCN1c1cc(C2=CCN(C)CC2)c2c(n1)c(-c1ccn[nH]1)nn2C. The molecule has 0 aliphatic carbocycles. The number of anilines is 1. The van der Waals surface area contributed by atoms with E-state index in [0.29, 0.717) is 6.04 Å². The third-order valence-electron chi connectivity index (χ3n) is 5.95. The van der Waals surface area contributed by atoms with Crippen molar-refractivity contribution in [2.24, 2.45) is 7.05 Å². The molecule has 0 aromatic carbocycles. The number of hydrogen-bond acceptors (Lipinski definition) is 6. The molecule has 1 atom stereocenters. The fraction of sp³-hybridized carbons (Fsp3) is 0.476. The zero-order valence-corrected chi connectivity index (χ0v) is 17.2. The Labute approximate surface area is 170 Å². The monoisotopic (exact) mass is 393 g/mol. The number of pyridine rings is 1. The van der Waals surface area contributed by atoms with E-state index in [2.05, 4.69) is 46.1 Å². The van der Waals surface area contributed by atoms with Crippen molar-refractivity contribution in [2.45, 2.75) is 19.4 Å². The molecule has 0 amide bonds. The molecule has 0 unspecified atom stereocenters. The van der Waals surface area contributed by atoms with Crippen LogP contribution in [0, 0.1) is 0 Å². The summed E-state index contributed by atoms with van der Waals surface area (Å²) in [6, 6.07) is 4.49. The first kappa shape index (κ1) is 18.3. The highest BCUT2D eigenvalue weighted by molar-refractivity contribution is 5.98. The number of aromatic nitrogens is 5. The van der Waals surface area contributed by atoms with Gasteiger partial charge in [0, 0.05) is 38.4 Å². The van der Waals surface area contributed by atoms with Crippen LogP contribution in [0.25, 0.3) is 28.0 Å². The highest BCUT2D eigenvalue weighted by atomic mass is 16.5. The second-order valence-corrected chi connectivity index (χ2v) is 8.03. The molecule has 3 aromatic heterocycles. The number of nitrogens with one attached hydrogen (secondary N) is 1. The first-order valence-corrected chi connectivity index (χ1v) is 10.2. The molecular weight excluding hydrogens is 366 g/mol. The summed E-state index contributed by atoms with van der Waals surface area (Å²) in [5, 5.41) is 12.0. The summed E-state index contributed by atoms with van der Waals surface area (Å²) in [6.07, 6.45) is 5.12. The molecule has 5 heterocycles. The lowest BCUT2D eigenvalue weighted by molar-refractivity contribution is 0.0985. The van der Waals surface area contributed by atoms with Crippen LogP contribution >= 0.6 is 0 Å². The maximum atomic E-state index is 5.65. The van der Waals surface area contributed by atoms with Crippen LogP contribution in [0.5, 0.6) is 0 Å². The minimum Gasteiger partial charge on any atom is -0.377 e. The maximum absolute atomic E-state index is 5.65. The van der Waals surface area contributed by atoms with Gasteiger partial charge in [-0.25, -0.2) is 4.98 Å². The highest BCUT2D eigenvalue weighted by Gasteiger charge is 2.26. The summed E-state index contributed by atoms with van der Waals surface area (Å²) >= 11 is 0. The van der Waals surface area contributed by atoms with Crippen molar-refractivity contribution in [3.63, 3.8) is 0 Å².